The summed E-state index contributed by atoms with van der Waals surface area (Å²) in [6, 6.07) is 7.89. The van der Waals surface area contributed by atoms with Gasteiger partial charge in [0.2, 0.25) is 17.6 Å². The van der Waals surface area contributed by atoms with E-state index in [-0.39, 0.29) is 5.91 Å². The summed E-state index contributed by atoms with van der Waals surface area (Å²) in [4.78, 5) is 17.9. The van der Waals surface area contributed by atoms with Gasteiger partial charge in [0.1, 0.15) is 0 Å². The zero-order chi connectivity index (χ0) is 13.9. The fourth-order valence-electron chi connectivity index (χ4n) is 2.26. The highest BCUT2D eigenvalue weighted by molar-refractivity contribution is 5.79. The largest absolute Gasteiger partial charge is 0.339 e. The third-order valence-electron chi connectivity index (χ3n) is 3.27. The Morgan fingerprint density at radius 1 is 1.45 bits per heavy atom. The second-order valence-electron chi connectivity index (χ2n) is 4.83. The normalized spacial score (nSPS) is 15.7. The molecule has 1 aromatic carbocycles. The molecule has 1 aliphatic heterocycles. The van der Waals surface area contributed by atoms with Gasteiger partial charge in [-0.05, 0) is 11.6 Å². The van der Waals surface area contributed by atoms with E-state index in [4.69, 9.17) is 4.52 Å². The SMILES string of the molecule is Cc1nc(-c2cccc(CN3CCNCC3=O)c2)no1. The van der Waals surface area contributed by atoms with Crippen LogP contribution in [0.3, 0.4) is 0 Å². The molecule has 6 heteroatoms. The molecular weight excluding hydrogens is 256 g/mol. The molecule has 104 valence electrons. The molecule has 1 fully saturated rings. The van der Waals surface area contributed by atoms with Crippen LogP contribution in [0.5, 0.6) is 0 Å². The number of carbonyl (C=O) groups is 1. The molecule has 1 amide bonds. The number of hydrogen-bond donors (Lipinski definition) is 1. The first-order valence-corrected chi connectivity index (χ1v) is 6.60. The zero-order valence-corrected chi connectivity index (χ0v) is 11.3. The van der Waals surface area contributed by atoms with Crippen LogP contribution in [-0.4, -0.2) is 40.6 Å². The summed E-state index contributed by atoms with van der Waals surface area (Å²) in [5.74, 6) is 1.26. The molecule has 1 N–H and O–H groups in total. The van der Waals surface area contributed by atoms with Crippen molar-refractivity contribution in [3.8, 4) is 11.4 Å². The number of rotatable bonds is 3. The fraction of sp³-hybridized carbons (Fsp3) is 0.357. The highest BCUT2D eigenvalue weighted by atomic mass is 16.5. The minimum atomic E-state index is 0.136. The molecule has 2 aromatic rings. The molecule has 6 nitrogen and oxygen atoms in total. The van der Waals surface area contributed by atoms with Gasteiger partial charge in [-0.1, -0.05) is 23.4 Å². The molecule has 0 radical (unpaired) electrons. The quantitative estimate of drug-likeness (QED) is 0.901. The summed E-state index contributed by atoms with van der Waals surface area (Å²) in [6.07, 6.45) is 0. The minimum Gasteiger partial charge on any atom is -0.339 e. The van der Waals surface area contributed by atoms with Crippen molar-refractivity contribution in [2.45, 2.75) is 13.5 Å². The average Bonchev–Trinajstić information content (AvgIpc) is 2.89. The zero-order valence-electron chi connectivity index (χ0n) is 11.3. The second kappa shape index (κ2) is 5.42. The standard InChI is InChI=1S/C14H16N4O2/c1-10-16-14(17-20-10)12-4-2-3-11(7-12)9-18-6-5-15-8-13(18)19/h2-4,7,15H,5-6,8-9H2,1H3. The van der Waals surface area contributed by atoms with Crippen molar-refractivity contribution in [1.29, 1.82) is 0 Å². The van der Waals surface area contributed by atoms with Crippen LogP contribution in [0.4, 0.5) is 0 Å². The Morgan fingerprint density at radius 2 is 2.35 bits per heavy atom. The molecule has 0 spiro atoms. The van der Waals surface area contributed by atoms with E-state index in [0.717, 1.165) is 24.2 Å². The van der Waals surface area contributed by atoms with Gasteiger partial charge in [0.05, 0.1) is 6.54 Å². The Kier molecular flexibility index (Phi) is 3.47. The maximum atomic E-state index is 11.8. The number of nitrogens with one attached hydrogen (secondary N) is 1. The van der Waals surface area contributed by atoms with Crippen molar-refractivity contribution in [2.75, 3.05) is 19.6 Å². The van der Waals surface area contributed by atoms with Gasteiger partial charge in [0.25, 0.3) is 0 Å². The molecule has 0 unspecified atom stereocenters. The molecule has 0 bridgehead atoms. The van der Waals surface area contributed by atoms with Crippen LogP contribution in [0.2, 0.25) is 0 Å². The first-order chi connectivity index (χ1) is 9.72. The summed E-state index contributed by atoms with van der Waals surface area (Å²) in [5.41, 5.74) is 1.97. The van der Waals surface area contributed by atoms with Gasteiger partial charge in [-0.2, -0.15) is 4.98 Å². The summed E-state index contributed by atoms with van der Waals surface area (Å²) in [5, 5.41) is 6.98. The van der Waals surface area contributed by atoms with Crippen molar-refractivity contribution in [2.24, 2.45) is 0 Å². The summed E-state index contributed by atoms with van der Waals surface area (Å²) in [7, 11) is 0. The number of carbonyl (C=O) groups excluding carboxylic acids is 1. The van der Waals surface area contributed by atoms with Crippen molar-refractivity contribution >= 4 is 5.91 Å². The lowest BCUT2D eigenvalue weighted by Gasteiger charge is -2.27. The highest BCUT2D eigenvalue weighted by Crippen LogP contribution is 2.18. The monoisotopic (exact) mass is 272 g/mol. The van der Waals surface area contributed by atoms with Crippen molar-refractivity contribution < 1.29 is 9.32 Å². The van der Waals surface area contributed by atoms with E-state index in [1.54, 1.807) is 6.92 Å². The second-order valence-corrected chi connectivity index (χ2v) is 4.83. The number of nitrogens with zero attached hydrogens (tertiary/aromatic N) is 3. The van der Waals surface area contributed by atoms with Gasteiger partial charge in [0.15, 0.2) is 0 Å². The number of piperazine rings is 1. The lowest BCUT2D eigenvalue weighted by Crippen LogP contribution is -2.47. The van der Waals surface area contributed by atoms with Crippen LogP contribution in [0.25, 0.3) is 11.4 Å². The van der Waals surface area contributed by atoms with Crippen molar-refractivity contribution in [3.63, 3.8) is 0 Å². The Morgan fingerprint density at radius 3 is 3.10 bits per heavy atom. The van der Waals surface area contributed by atoms with Gasteiger partial charge < -0.3 is 14.7 Å². The van der Waals surface area contributed by atoms with Crippen LogP contribution in [0.15, 0.2) is 28.8 Å². The first kappa shape index (κ1) is 12.8. The molecule has 0 aliphatic carbocycles. The lowest BCUT2D eigenvalue weighted by molar-refractivity contribution is -0.132. The predicted octanol–water partition coefficient (Wildman–Crippen LogP) is 0.977. The third kappa shape index (κ3) is 2.70. The highest BCUT2D eigenvalue weighted by Gasteiger charge is 2.17. The molecular formula is C14H16N4O2. The topological polar surface area (TPSA) is 71.3 Å². The molecule has 2 heterocycles. The molecule has 1 aromatic heterocycles. The number of aromatic nitrogens is 2. The van der Waals surface area contributed by atoms with Gasteiger partial charge in [-0.15, -0.1) is 0 Å². The van der Waals surface area contributed by atoms with Crippen LogP contribution < -0.4 is 5.32 Å². The molecule has 1 aliphatic rings. The number of benzene rings is 1. The van der Waals surface area contributed by atoms with Gasteiger partial charge in [-0.3, -0.25) is 4.79 Å². The summed E-state index contributed by atoms with van der Waals surface area (Å²) >= 11 is 0. The number of hydrogen-bond acceptors (Lipinski definition) is 5. The lowest BCUT2D eigenvalue weighted by atomic mass is 10.1. The Hall–Kier alpha value is -2.21. The smallest absolute Gasteiger partial charge is 0.236 e. The fourth-order valence-corrected chi connectivity index (χ4v) is 2.26. The minimum absolute atomic E-state index is 0.136. The number of amides is 1. The number of aryl methyl sites for hydroxylation is 1. The van der Waals surface area contributed by atoms with Crippen LogP contribution in [0, 0.1) is 6.92 Å². The van der Waals surface area contributed by atoms with Crippen LogP contribution in [-0.2, 0) is 11.3 Å². The van der Waals surface area contributed by atoms with E-state index in [0.29, 0.717) is 24.8 Å². The summed E-state index contributed by atoms with van der Waals surface area (Å²) in [6.45, 7) is 4.38. The molecule has 0 saturated carbocycles. The average molecular weight is 272 g/mol. The maximum Gasteiger partial charge on any atom is 0.236 e. The van der Waals surface area contributed by atoms with Gasteiger partial charge in [-0.25, -0.2) is 0 Å². The predicted molar refractivity (Wildman–Crippen MR) is 72.8 cm³/mol. The molecule has 20 heavy (non-hydrogen) atoms. The van der Waals surface area contributed by atoms with Crippen molar-refractivity contribution in [1.82, 2.24) is 20.4 Å². The molecule has 1 saturated heterocycles. The first-order valence-electron chi connectivity index (χ1n) is 6.60. The van der Waals surface area contributed by atoms with Crippen LogP contribution >= 0.6 is 0 Å². The van der Waals surface area contributed by atoms with Gasteiger partial charge in [0, 0.05) is 32.1 Å². The van der Waals surface area contributed by atoms with E-state index < -0.39 is 0 Å². The van der Waals surface area contributed by atoms with Crippen LogP contribution in [0.1, 0.15) is 11.5 Å². The molecule has 0 atom stereocenters. The van der Waals surface area contributed by atoms with E-state index in [9.17, 15) is 4.79 Å². The van der Waals surface area contributed by atoms with E-state index in [2.05, 4.69) is 15.5 Å². The van der Waals surface area contributed by atoms with Gasteiger partial charge >= 0.3 is 0 Å². The maximum absolute atomic E-state index is 11.8. The third-order valence-corrected chi connectivity index (χ3v) is 3.27. The van der Waals surface area contributed by atoms with E-state index in [1.165, 1.54) is 0 Å². The van der Waals surface area contributed by atoms with E-state index in [1.807, 2.05) is 29.2 Å². The Labute approximate surface area is 116 Å². The van der Waals surface area contributed by atoms with Crippen molar-refractivity contribution in [3.05, 3.63) is 35.7 Å². The summed E-state index contributed by atoms with van der Waals surface area (Å²) < 4.78 is 4.99. The van der Waals surface area contributed by atoms with E-state index >= 15 is 0 Å². The Bertz CT molecular complexity index is 623. The molecule has 3 rings (SSSR count). The Balaban J connectivity index is 1.79.